The van der Waals surface area contributed by atoms with E-state index in [1.54, 1.807) is 51.5 Å². The first-order valence-corrected chi connectivity index (χ1v) is 8.90. The van der Waals surface area contributed by atoms with Gasteiger partial charge in [0.15, 0.2) is 0 Å². The number of ether oxygens (including phenoxy) is 1. The van der Waals surface area contributed by atoms with Gasteiger partial charge in [-0.1, -0.05) is 12.1 Å². The molecule has 9 heteroatoms. The summed E-state index contributed by atoms with van der Waals surface area (Å²) in [7, 11) is 0. The number of amidine groups is 1. The molecule has 1 unspecified atom stereocenters. The van der Waals surface area contributed by atoms with Gasteiger partial charge in [-0.25, -0.2) is 15.0 Å². The molecule has 2 heterocycles. The average Bonchev–Trinajstić information content (AvgIpc) is 2.61. The van der Waals surface area contributed by atoms with Crippen molar-refractivity contribution in [3.63, 3.8) is 0 Å². The van der Waals surface area contributed by atoms with Gasteiger partial charge in [0.1, 0.15) is 17.4 Å². The number of aromatic nitrogens is 2. The summed E-state index contributed by atoms with van der Waals surface area (Å²) in [5.74, 6) is 0.887. The lowest BCUT2D eigenvalue weighted by Crippen LogP contribution is -2.45. The zero-order valence-electron chi connectivity index (χ0n) is 16.2. The fourth-order valence-electron chi connectivity index (χ4n) is 3.00. The molecule has 0 aliphatic carbocycles. The Morgan fingerprint density at radius 1 is 1.10 bits per heavy atom. The van der Waals surface area contributed by atoms with Crippen LogP contribution in [0.2, 0.25) is 0 Å². The van der Waals surface area contributed by atoms with E-state index in [1.807, 2.05) is 11.0 Å². The van der Waals surface area contributed by atoms with Gasteiger partial charge in [0, 0.05) is 25.1 Å². The maximum absolute atomic E-state index is 12.4. The Kier molecular flexibility index (Phi) is 5.61. The van der Waals surface area contributed by atoms with Gasteiger partial charge >= 0.3 is 6.36 Å². The van der Waals surface area contributed by atoms with Crippen LogP contribution in [0.5, 0.6) is 5.75 Å². The molecule has 1 aromatic heterocycles. The summed E-state index contributed by atoms with van der Waals surface area (Å²) in [6.45, 7) is 5.35. The number of benzene rings is 1. The Morgan fingerprint density at radius 3 is 2.28 bits per heavy atom. The highest BCUT2D eigenvalue weighted by atomic mass is 19.4. The number of nitrogens with zero attached hydrogens (tertiary/aromatic N) is 4. The summed E-state index contributed by atoms with van der Waals surface area (Å²) >= 11 is 0. The summed E-state index contributed by atoms with van der Waals surface area (Å²) in [5, 5.41) is 10.4. The van der Waals surface area contributed by atoms with Crippen molar-refractivity contribution in [3.8, 4) is 5.75 Å². The largest absolute Gasteiger partial charge is 0.573 e. The van der Waals surface area contributed by atoms with Crippen molar-refractivity contribution in [1.29, 1.82) is 0 Å². The Morgan fingerprint density at radius 2 is 1.72 bits per heavy atom. The molecule has 2 aromatic rings. The summed E-state index contributed by atoms with van der Waals surface area (Å²) in [4.78, 5) is 14.7. The molecule has 3 rings (SSSR count). The lowest BCUT2D eigenvalue weighted by molar-refractivity contribution is -0.274. The number of alkyl halides is 3. The Hall–Kier alpha value is -2.94. The molecule has 1 aromatic carbocycles. The van der Waals surface area contributed by atoms with Crippen LogP contribution >= 0.6 is 0 Å². The highest BCUT2D eigenvalue weighted by Crippen LogP contribution is 2.31. The number of β-amino-alcohol motifs (C(OH)–C–C–N with tert-alkyl or cyclic N) is 1. The van der Waals surface area contributed by atoms with Gasteiger partial charge in [0.25, 0.3) is 0 Å². The van der Waals surface area contributed by atoms with E-state index in [2.05, 4.69) is 19.7 Å². The van der Waals surface area contributed by atoms with Crippen LogP contribution in [0.4, 0.5) is 13.2 Å². The summed E-state index contributed by atoms with van der Waals surface area (Å²) < 4.78 is 41.2. The van der Waals surface area contributed by atoms with E-state index in [4.69, 9.17) is 0 Å². The maximum atomic E-state index is 12.4. The number of aryl methyl sites for hydroxylation is 1. The molecule has 0 radical (unpaired) electrons. The van der Waals surface area contributed by atoms with Gasteiger partial charge in [-0.05, 0) is 44.5 Å². The molecule has 0 amide bonds. The van der Waals surface area contributed by atoms with E-state index < -0.39 is 12.0 Å². The molecule has 0 saturated carbocycles. The van der Waals surface area contributed by atoms with Crippen LogP contribution in [0, 0.1) is 6.92 Å². The van der Waals surface area contributed by atoms with Gasteiger partial charge in [0.05, 0.1) is 17.2 Å². The fourth-order valence-corrected chi connectivity index (χ4v) is 3.00. The van der Waals surface area contributed by atoms with Crippen molar-refractivity contribution in [2.75, 3.05) is 6.54 Å². The van der Waals surface area contributed by atoms with E-state index >= 15 is 0 Å². The number of hydrogen-bond acceptors (Lipinski definition) is 6. The third-order valence-corrected chi connectivity index (χ3v) is 4.12. The molecule has 0 fully saturated rings. The van der Waals surface area contributed by atoms with Crippen LogP contribution in [0.3, 0.4) is 0 Å². The van der Waals surface area contributed by atoms with E-state index in [0.29, 0.717) is 17.2 Å². The Bertz CT molecular complexity index is 901. The molecule has 0 saturated heterocycles. The third-order valence-electron chi connectivity index (χ3n) is 4.12. The summed E-state index contributed by atoms with van der Waals surface area (Å²) in [6.07, 6.45) is 1.99. The molecule has 1 atom stereocenters. The Balaban J connectivity index is 1.93. The van der Waals surface area contributed by atoms with Crippen LogP contribution in [0.15, 0.2) is 53.9 Å². The lowest BCUT2D eigenvalue weighted by Gasteiger charge is -2.38. The summed E-state index contributed by atoms with van der Waals surface area (Å²) in [6, 6.07) is 5.29. The maximum Gasteiger partial charge on any atom is 0.573 e. The topological polar surface area (TPSA) is 70.8 Å². The average molecular weight is 406 g/mol. The van der Waals surface area contributed by atoms with Crippen molar-refractivity contribution in [3.05, 3.63) is 65.9 Å². The van der Waals surface area contributed by atoms with Gasteiger partial charge < -0.3 is 14.7 Å². The molecule has 154 valence electrons. The minimum Gasteiger partial charge on any atom is -0.406 e. The second kappa shape index (κ2) is 7.82. The molecule has 1 aliphatic heterocycles. The van der Waals surface area contributed by atoms with Gasteiger partial charge in [-0.15, -0.1) is 13.2 Å². The van der Waals surface area contributed by atoms with Crippen LogP contribution in [-0.2, 0) is 0 Å². The zero-order valence-corrected chi connectivity index (χ0v) is 16.2. The van der Waals surface area contributed by atoms with Gasteiger partial charge in [0.2, 0.25) is 0 Å². The molecule has 0 bridgehead atoms. The van der Waals surface area contributed by atoms with Crippen LogP contribution < -0.4 is 4.74 Å². The van der Waals surface area contributed by atoms with Gasteiger partial charge in [-0.3, -0.25) is 0 Å². The van der Waals surface area contributed by atoms with E-state index in [1.165, 1.54) is 12.1 Å². The smallest absolute Gasteiger partial charge is 0.406 e. The van der Waals surface area contributed by atoms with Crippen molar-refractivity contribution in [2.45, 2.75) is 38.8 Å². The third kappa shape index (κ3) is 5.54. The van der Waals surface area contributed by atoms with Crippen LogP contribution in [0.25, 0.3) is 0 Å². The fraction of sp³-hybridized carbons (Fsp3) is 0.350. The van der Waals surface area contributed by atoms with Crippen molar-refractivity contribution in [1.82, 2.24) is 14.9 Å². The minimum absolute atomic E-state index is 0.232. The van der Waals surface area contributed by atoms with E-state index in [-0.39, 0.29) is 18.3 Å². The first kappa shape index (κ1) is 20.8. The first-order chi connectivity index (χ1) is 13.5. The summed E-state index contributed by atoms with van der Waals surface area (Å²) in [5.41, 5.74) is 0.349. The molecule has 0 spiro atoms. The predicted molar refractivity (Wildman–Crippen MR) is 101 cm³/mol. The predicted octanol–water partition coefficient (Wildman–Crippen LogP) is 3.77. The number of hydrogen-bond donors (Lipinski definition) is 1. The first-order valence-electron chi connectivity index (χ1n) is 8.90. The second-order valence-electron chi connectivity index (χ2n) is 7.32. The molecular weight excluding hydrogens is 385 g/mol. The van der Waals surface area contributed by atoms with Gasteiger partial charge in [-0.2, -0.15) is 0 Å². The molecular formula is C20H21F3N4O2. The highest BCUT2D eigenvalue weighted by molar-refractivity contribution is 5.99. The quantitative estimate of drug-likeness (QED) is 0.819. The highest BCUT2D eigenvalue weighted by Gasteiger charge is 2.32. The molecule has 6 nitrogen and oxygen atoms in total. The molecule has 1 N–H and O–H groups in total. The van der Waals surface area contributed by atoms with E-state index in [9.17, 15) is 18.3 Å². The van der Waals surface area contributed by atoms with Crippen LogP contribution in [0.1, 0.15) is 36.8 Å². The monoisotopic (exact) mass is 406 g/mol. The normalized spacial score (nSPS) is 17.3. The van der Waals surface area contributed by atoms with Crippen molar-refractivity contribution >= 4 is 5.84 Å². The SMILES string of the molecule is Cc1ncc(C2=NC=CC(c3ccc(OC(F)(F)F)cc3)N2CC(C)(C)O)cn1. The molecule has 1 aliphatic rings. The molecule has 29 heavy (non-hydrogen) atoms. The number of aliphatic imine (C=N–C) groups is 1. The number of rotatable bonds is 5. The lowest BCUT2D eigenvalue weighted by atomic mass is 9.99. The van der Waals surface area contributed by atoms with Crippen molar-refractivity contribution in [2.24, 2.45) is 4.99 Å². The van der Waals surface area contributed by atoms with Crippen molar-refractivity contribution < 1.29 is 23.0 Å². The number of aliphatic hydroxyl groups is 1. The second-order valence-corrected chi connectivity index (χ2v) is 7.32. The van der Waals surface area contributed by atoms with Crippen LogP contribution in [-0.4, -0.2) is 44.3 Å². The van der Waals surface area contributed by atoms with E-state index in [0.717, 1.165) is 5.56 Å². The number of halogens is 3. The Labute approximate surface area is 166 Å². The minimum atomic E-state index is -4.75. The standard InChI is InChI=1S/C20H21F3N4O2/c1-13-25-10-15(11-26-13)18-24-9-8-17(27(18)12-19(2,3)28)14-4-6-16(7-5-14)29-20(21,22)23/h4-11,17,28H,12H2,1-3H3. The zero-order chi connectivity index (χ0) is 21.2.